The van der Waals surface area contributed by atoms with E-state index >= 15 is 0 Å². The number of hydrogen-bond donors (Lipinski definition) is 3. The van der Waals surface area contributed by atoms with Gasteiger partial charge in [-0.1, -0.05) is 13.3 Å². The van der Waals surface area contributed by atoms with Gasteiger partial charge in [-0.2, -0.15) is 0 Å². The van der Waals surface area contributed by atoms with Gasteiger partial charge in [-0.3, -0.25) is 9.59 Å². The van der Waals surface area contributed by atoms with E-state index in [1.54, 1.807) is 0 Å². The van der Waals surface area contributed by atoms with Crippen LogP contribution >= 0.6 is 0 Å². The fourth-order valence-electron chi connectivity index (χ4n) is 0.948. The van der Waals surface area contributed by atoms with Crippen molar-refractivity contribution in [3.05, 3.63) is 0 Å². The predicted molar refractivity (Wildman–Crippen MR) is 54.3 cm³/mol. The quantitative estimate of drug-likeness (QED) is 0.484. The maximum atomic E-state index is 11.2. The molecule has 14 heavy (non-hydrogen) atoms. The molecule has 0 saturated carbocycles. The van der Waals surface area contributed by atoms with Crippen LogP contribution in [0.25, 0.3) is 0 Å². The zero-order valence-electron chi connectivity index (χ0n) is 8.58. The summed E-state index contributed by atoms with van der Waals surface area (Å²) in [6.45, 7) is 2.68. The topological polar surface area (TPSA) is 98.2 Å². The zero-order valence-corrected chi connectivity index (χ0v) is 8.58. The molecule has 1 unspecified atom stereocenters. The smallest absolute Gasteiger partial charge is 0.236 e. The molecule has 0 saturated heterocycles. The summed E-state index contributed by atoms with van der Waals surface area (Å²) >= 11 is 0. The van der Waals surface area contributed by atoms with Crippen LogP contribution in [-0.4, -0.2) is 24.4 Å². The second-order valence-corrected chi connectivity index (χ2v) is 3.26. The SMILES string of the molecule is CCCCNC(=O)C(N)CCC(N)=O. The van der Waals surface area contributed by atoms with Crippen molar-refractivity contribution in [2.45, 2.75) is 38.6 Å². The van der Waals surface area contributed by atoms with E-state index in [9.17, 15) is 9.59 Å². The Hall–Kier alpha value is -1.10. The van der Waals surface area contributed by atoms with Gasteiger partial charge in [-0.25, -0.2) is 0 Å². The first kappa shape index (κ1) is 12.9. The van der Waals surface area contributed by atoms with Crippen molar-refractivity contribution in [2.24, 2.45) is 11.5 Å². The molecular weight excluding hydrogens is 182 g/mol. The summed E-state index contributed by atoms with van der Waals surface area (Å²) in [5.41, 5.74) is 10.5. The lowest BCUT2D eigenvalue weighted by Gasteiger charge is -2.10. The van der Waals surface area contributed by atoms with Gasteiger partial charge in [0.2, 0.25) is 11.8 Å². The molecule has 0 aromatic heterocycles. The van der Waals surface area contributed by atoms with Crippen LogP contribution in [0.2, 0.25) is 0 Å². The Morgan fingerprint density at radius 1 is 1.43 bits per heavy atom. The lowest BCUT2D eigenvalue weighted by atomic mass is 10.1. The molecule has 0 rings (SSSR count). The molecule has 0 aliphatic heterocycles. The maximum absolute atomic E-state index is 11.2. The van der Waals surface area contributed by atoms with E-state index < -0.39 is 11.9 Å². The second-order valence-electron chi connectivity index (χ2n) is 3.26. The van der Waals surface area contributed by atoms with Gasteiger partial charge in [0.1, 0.15) is 0 Å². The molecule has 0 radical (unpaired) electrons. The summed E-state index contributed by atoms with van der Waals surface area (Å²) in [5, 5.41) is 2.69. The summed E-state index contributed by atoms with van der Waals surface area (Å²) in [6, 6.07) is -0.626. The molecule has 0 aliphatic carbocycles. The highest BCUT2D eigenvalue weighted by Crippen LogP contribution is 1.94. The van der Waals surface area contributed by atoms with Crippen molar-refractivity contribution < 1.29 is 9.59 Å². The molecule has 2 amide bonds. The molecule has 1 atom stereocenters. The van der Waals surface area contributed by atoms with Gasteiger partial charge >= 0.3 is 0 Å². The minimum atomic E-state index is -0.626. The molecule has 5 N–H and O–H groups in total. The van der Waals surface area contributed by atoms with E-state index in [2.05, 4.69) is 5.32 Å². The summed E-state index contributed by atoms with van der Waals surface area (Å²) < 4.78 is 0. The molecule has 0 aliphatic rings. The van der Waals surface area contributed by atoms with Crippen LogP contribution in [0.5, 0.6) is 0 Å². The number of unbranched alkanes of at least 4 members (excludes halogenated alkanes) is 1. The lowest BCUT2D eigenvalue weighted by molar-refractivity contribution is -0.122. The fourth-order valence-corrected chi connectivity index (χ4v) is 0.948. The van der Waals surface area contributed by atoms with E-state index in [1.165, 1.54) is 0 Å². The molecule has 0 fully saturated rings. The van der Waals surface area contributed by atoms with Crippen molar-refractivity contribution in [3.8, 4) is 0 Å². The number of amides is 2. The second kappa shape index (κ2) is 7.32. The fraction of sp³-hybridized carbons (Fsp3) is 0.778. The van der Waals surface area contributed by atoms with Crippen LogP contribution < -0.4 is 16.8 Å². The summed E-state index contributed by atoms with van der Waals surface area (Å²) in [5.74, 6) is -0.637. The van der Waals surface area contributed by atoms with E-state index in [-0.39, 0.29) is 12.3 Å². The monoisotopic (exact) mass is 201 g/mol. The number of primary amides is 1. The standard InChI is InChI=1S/C9H19N3O2/c1-2-3-6-12-9(14)7(10)4-5-8(11)13/h7H,2-6,10H2,1H3,(H2,11,13)(H,12,14). The molecule has 0 spiro atoms. The Morgan fingerprint density at radius 2 is 2.07 bits per heavy atom. The molecule has 0 heterocycles. The van der Waals surface area contributed by atoms with Crippen LogP contribution in [0.15, 0.2) is 0 Å². The zero-order chi connectivity index (χ0) is 11.0. The minimum Gasteiger partial charge on any atom is -0.370 e. The van der Waals surface area contributed by atoms with Crippen LogP contribution in [0.3, 0.4) is 0 Å². The Balaban J connectivity index is 3.59. The number of nitrogens with one attached hydrogen (secondary N) is 1. The first-order valence-corrected chi connectivity index (χ1v) is 4.89. The molecule has 5 nitrogen and oxygen atoms in total. The van der Waals surface area contributed by atoms with Crippen molar-refractivity contribution in [1.29, 1.82) is 0 Å². The molecule has 82 valence electrons. The van der Waals surface area contributed by atoms with Gasteiger partial charge in [0.25, 0.3) is 0 Å². The first-order valence-electron chi connectivity index (χ1n) is 4.89. The van der Waals surface area contributed by atoms with Crippen molar-refractivity contribution in [3.63, 3.8) is 0 Å². The van der Waals surface area contributed by atoms with Crippen LogP contribution in [0.1, 0.15) is 32.6 Å². The Kier molecular flexibility index (Phi) is 6.74. The molecular formula is C9H19N3O2. The highest BCUT2D eigenvalue weighted by atomic mass is 16.2. The minimum absolute atomic E-state index is 0.155. The number of carbonyl (C=O) groups excluding carboxylic acids is 2. The Morgan fingerprint density at radius 3 is 2.57 bits per heavy atom. The number of hydrogen-bond acceptors (Lipinski definition) is 3. The normalized spacial score (nSPS) is 12.1. The first-order chi connectivity index (χ1) is 6.57. The summed E-state index contributed by atoms with van der Waals surface area (Å²) in [7, 11) is 0. The Bertz CT molecular complexity index is 194. The van der Waals surface area contributed by atoms with E-state index in [1.807, 2.05) is 6.92 Å². The van der Waals surface area contributed by atoms with Gasteiger partial charge in [0.15, 0.2) is 0 Å². The average molecular weight is 201 g/mol. The van der Waals surface area contributed by atoms with Gasteiger partial charge < -0.3 is 16.8 Å². The third-order valence-corrected chi connectivity index (χ3v) is 1.87. The van der Waals surface area contributed by atoms with Gasteiger partial charge in [0.05, 0.1) is 6.04 Å². The average Bonchev–Trinajstić information content (AvgIpc) is 2.14. The largest absolute Gasteiger partial charge is 0.370 e. The third-order valence-electron chi connectivity index (χ3n) is 1.87. The number of carbonyl (C=O) groups is 2. The molecule has 5 heteroatoms. The third kappa shape index (κ3) is 6.42. The highest BCUT2D eigenvalue weighted by Gasteiger charge is 2.12. The number of nitrogens with two attached hydrogens (primary N) is 2. The van der Waals surface area contributed by atoms with Crippen molar-refractivity contribution >= 4 is 11.8 Å². The van der Waals surface area contributed by atoms with E-state index in [4.69, 9.17) is 11.5 Å². The lowest BCUT2D eigenvalue weighted by Crippen LogP contribution is -2.41. The number of rotatable bonds is 7. The Labute approximate surface area is 84.2 Å². The van der Waals surface area contributed by atoms with Gasteiger partial charge in [-0.05, 0) is 12.8 Å². The maximum Gasteiger partial charge on any atom is 0.236 e. The van der Waals surface area contributed by atoms with Crippen LogP contribution in [0, 0.1) is 0 Å². The van der Waals surface area contributed by atoms with Gasteiger partial charge in [-0.15, -0.1) is 0 Å². The summed E-state index contributed by atoms with van der Waals surface area (Å²) in [4.78, 5) is 21.7. The molecule has 0 bridgehead atoms. The molecule has 0 aromatic carbocycles. The van der Waals surface area contributed by atoms with Crippen LogP contribution in [-0.2, 0) is 9.59 Å². The van der Waals surface area contributed by atoms with Crippen molar-refractivity contribution in [1.82, 2.24) is 5.32 Å². The summed E-state index contributed by atoms with van der Waals surface area (Å²) in [6.07, 6.45) is 2.43. The van der Waals surface area contributed by atoms with Crippen molar-refractivity contribution in [2.75, 3.05) is 6.54 Å². The molecule has 0 aromatic rings. The van der Waals surface area contributed by atoms with Crippen LogP contribution in [0.4, 0.5) is 0 Å². The van der Waals surface area contributed by atoms with Gasteiger partial charge in [0, 0.05) is 13.0 Å². The highest BCUT2D eigenvalue weighted by molar-refractivity contribution is 5.82. The predicted octanol–water partition coefficient (Wildman–Crippen LogP) is -0.504. The van der Waals surface area contributed by atoms with E-state index in [0.717, 1.165) is 12.8 Å². The van der Waals surface area contributed by atoms with E-state index in [0.29, 0.717) is 13.0 Å².